The molecule has 0 radical (unpaired) electrons. The Morgan fingerprint density at radius 3 is 2.46 bits per heavy atom. The maximum Gasteiger partial charge on any atom is 0.258 e. The molecule has 3 rings (SSSR count). The number of amides is 1. The summed E-state index contributed by atoms with van der Waals surface area (Å²) in [6.45, 7) is 8.23. The van der Waals surface area contributed by atoms with Crippen LogP contribution in [0, 0.1) is 6.92 Å². The highest BCUT2D eigenvalue weighted by molar-refractivity contribution is 6.07. The predicted molar refractivity (Wildman–Crippen MR) is 97.4 cm³/mol. The predicted octanol–water partition coefficient (Wildman–Crippen LogP) is 3.55. The summed E-state index contributed by atoms with van der Waals surface area (Å²) in [6.07, 6.45) is 0. The van der Waals surface area contributed by atoms with Crippen molar-refractivity contribution >= 4 is 22.6 Å². The molecule has 3 aromatic rings. The molecule has 0 spiro atoms. The van der Waals surface area contributed by atoms with E-state index in [-0.39, 0.29) is 5.91 Å². The smallest absolute Gasteiger partial charge is 0.258 e. The summed E-state index contributed by atoms with van der Waals surface area (Å²) >= 11 is 0. The second kappa shape index (κ2) is 6.48. The van der Waals surface area contributed by atoms with Crippen LogP contribution >= 0.6 is 0 Å². The third-order valence-corrected chi connectivity index (χ3v) is 4.67. The molecule has 2 aromatic carbocycles. The highest BCUT2D eigenvalue weighted by Crippen LogP contribution is 2.20. The molecule has 0 aliphatic rings. The number of carbonyl (C=O) groups is 1. The van der Waals surface area contributed by atoms with Crippen molar-refractivity contribution in [1.82, 2.24) is 4.57 Å². The van der Waals surface area contributed by atoms with Gasteiger partial charge in [0.15, 0.2) is 11.0 Å². The van der Waals surface area contributed by atoms with E-state index in [0.29, 0.717) is 5.56 Å². The van der Waals surface area contributed by atoms with Crippen molar-refractivity contribution in [3.63, 3.8) is 0 Å². The zero-order valence-corrected chi connectivity index (χ0v) is 14.8. The molecule has 0 atom stereocenters. The summed E-state index contributed by atoms with van der Waals surface area (Å²) < 4.78 is 4.55. The zero-order valence-electron chi connectivity index (χ0n) is 14.8. The molecule has 1 aromatic heterocycles. The molecule has 0 aliphatic carbocycles. The lowest BCUT2D eigenvalue weighted by atomic mass is 10.1. The Labute approximate surface area is 142 Å². The molecule has 0 unspecified atom stereocenters. The van der Waals surface area contributed by atoms with E-state index in [1.54, 1.807) is 4.90 Å². The molecule has 0 bridgehead atoms. The van der Waals surface area contributed by atoms with Crippen LogP contribution in [0.4, 0.5) is 5.69 Å². The van der Waals surface area contributed by atoms with Gasteiger partial charge in [0.05, 0.1) is 13.1 Å². The van der Waals surface area contributed by atoms with Crippen LogP contribution in [-0.2, 0) is 13.1 Å². The van der Waals surface area contributed by atoms with Crippen molar-refractivity contribution in [2.75, 3.05) is 11.9 Å². The van der Waals surface area contributed by atoms with E-state index >= 15 is 0 Å². The van der Waals surface area contributed by atoms with Crippen LogP contribution < -0.4 is 9.47 Å². The second-order valence-electron chi connectivity index (χ2n) is 5.94. The summed E-state index contributed by atoms with van der Waals surface area (Å²) in [5.74, 6) is 1.23. The van der Waals surface area contributed by atoms with Gasteiger partial charge in [0.1, 0.15) is 0 Å². The molecule has 1 heterocycles. The number of imidazole rings is 1. The maximum absolute atomic E-state index is 12.9. The summed E-state index contributed by atoms with van der Waals surface area (Å²) in [5, 5.41) is 0. The molecule has 124 valence electrons. The minimum atomic E-state index is 0.00709. The van der Waals surface area contributed by atoms with E-state index < -0.39 is 0 Å². The van der Waals surface area contributed by atoms with E-state index in [0.717, 1.165) is 24.3 Å². The minimum Gasteiger partial charge on any atom is -0.311 e. The van der Waals surface area contributed by atoms with Gasteiger partial charge in [-0.2, -0.15) is 0 Å². The van der Waals surface area contributed by atoms with Gasteiger partial charge < -0.3 is 4.90 Å². The first-order chi connectivity index (χ1) is 11.6. The van der Waals surface area contributed by atoms with Crippen LogP contribution in [0.1, 0.15) is 30.0 Å². The van der Waals surface area contributed by atoms with E-state index in [4.69, 9.17) is 0 Å². The lowest BCUT2D eigenvalue weighted by molar-refractivity contribution is -0.674. The summed E-state index contributed by atoms with van der Waals surface area (Å²) in [4.78, 5) is 14.6. The first-order valence-electron chi connectivity index (χ1n) is 8.44. The summed E-state index contributed by atoms with van der Waals surface area (Å²) in [5.41, 5.74) is 3.90. The lowest BCUT2D eigenvalue weighted by Crippen LogP contribution is -2.35. The van der Waals surface area contributed by atoms with Crippen LogP contribution in [0.25, 0.3) is 11.0 Å². The average Bonchev–Trinajstić information content (AvgIpc) is 2.90. The number of rotatable bonds is 4. The molecule has 1 amide bonds. The van der Waals surface area contributed by atoms with Gasteiger partial charge in [0.25, 0.3) is 11.7 Å². The van der Waals surface area contributed by atoms with E-state index in [1.165, 1.54) is 11.3 Å². The van der Waals surface area contributed by atoms with Gasteiger partial charge in [0, 0.05) is 31.3 Å². The van der Waals surface area contributed by atoms with Gasteiger partial charge in [-0.15, -0.1) is 0 Å². The monoisotopic (exact) mass is 322 g/mol. The largest absolute Gasteiger partial charge is 0.311 e. The van der Waals surface area contributed by atoms with Crippen molar-refractivity contribution in [2.45, 2.75) is 33.9 Å². The average molecular weight is 322 g/mol. The molecular weight excluding hydrogens is 298 g/mol. The van der Waals surface area contributed by atoms with Gasteiger partial charge in [-0.3, -0.25) is 4.79 Å². The second-order valence-corrected chi connectivity index (χ2v) is 5.94. The SMILES string of the molecule is CCn1c(C)[n+](CC)c2ccc(C(=O)N(C)c3ccccc3)cc21. The molecule has 0 N–H and O–H groups in total. The third kappa shape index (κ3) is 2.58. The summed E-state index contributed by atoms with van der Waals surface area (Å²) in [7, 11) is 1.82. The molecule has 24 heavy (non-hydrogen) atoms. The van der Waals surface area contributed by atoms with Crippen molar-refractivity contribution < 1.29 is 9.36 Å². The Balaban J connectivity index is 2.06. The normalized spacial score (nSPS) is 11.0. The number of benzene rings is 2. The first kappa shape index (κ1) is 16.2. The Morgan fingerprint density at radius 1 is 1.12 bits per heavy atom. The molecule has 4 nitrogen and oxygen atoms in total. The fraction of sp³-hybridized carbons (Fsp3) is 0.300. The third-order valence-electron chi connectivity index (χ3n) is 4.67. The standard InChI is InChI=1S/C20H24N3O/c1-5-22-15(3)23(6-2)19-14-16(12-13-18(19)22)20(24)21(4)17-10-8-7-9-11-17/h7-14H,5-6H2,1-4H3/q+1. The van der Waals surface area contributed by atoms with Gasteiger partial charge in [-0.1, -0.05) is 18.2 Å². The molecule has 4 heteroatoms. The van der Waals surface area contributed by atoms with Crippen LogP contribution in [-0.4, -0.2) is 17.5 Å². The Morgan fingerprint density at radius 2 is 1.83 bits per heavy atom. The number of carbonyl (C=O) groups excluding carboxylic acids is 1. The van der Waals surface area contributed by atoms with E-state index in [1.807, 2.05) is 49.5 Å². The van der Waals surface area contributed by atoms with Gasteiger partial charge in [-0.25, -0.2) is 9.13 Å². The first-order valence-corrected chi connectivity index (χ1v) is 8.44. The molecule has 0 aliphatic heterocycles. The minimum absolute atomic E-state index is 0.00709. The van der Waals surface area contributed by atoms with Crippen LogP contribution in [0.15, 0.2) is 48.5 Å². The van der Waals surface area contributed by atoms with E-state index in [2.05, 4.69) is 36.0 Å². The zero-order chi connectivity index (χ0) is 17.3. The van der Waals surface area contributed by atoms with Crippen molar-refractivity contribution in [3.05, 3.63) is 59.9 Å². The molecule has 0 saturated carbocycles. The van der Waals surface area contributed by atoms with Crippen LogP contribution in [0.3, 0.4) is 0 Å². The fourth-order valence-corrected chi connectivity index (χ4v) is 3.36. The Kier molecular flexibility index (Phi) is 4.38. The van der Waals surface area contributed by atoms with E-state index in [9.17, 15) is 4.79 Å². The maximum atomic E-state index is 12.9. The van der Waals surface area contributed by atoms with Crippen LogP contribution in [0.2, 0.25) is 0 Å². The number of anilines is 1. The highest BCUT2D eigenvalue weighted by atomic mass is 16.2. The fourth-order valence-electron chi connectivity index (χ4n) is 3.36. The Hall–Kier alpha value is -2.62. The molecular formula is C20H24N3O+. The summed E-state index contributed by atoms with van der Waals surface area (Å²) in [6, 6.07) is 15.7. The number of hydrogen-bond donors (Lipinski definition) is 0. The molecule has 0 fully saturated rings. The van der Waals surface area contributed by atoms with Crippen molar-refractivity contribution in [1.29, 1.82) is 0 Å². The lowest BCUT2D eigenvalue weighted by Gasteiger charge is -2.17. The topological polar surface area (TPSA) is 29.1 Å². The van der Waals surface area contributed by atoms with Crippen LogP contribution in [0.5, 0.6) is 0 Å². The number of fused-ring (bicyclic) bond motifs is 1. The van der Waals surface area contributed by atoms with Crippen molar-refractivity contribution in [3.8, 4) is 0 Å². The number of aryl methyl sites for hydroxylation is 2. The van der Waals surface area contributed by atoms with Gasteiger partial charge >= 0.3 is 0 Å². The Bertz CT molecular complexity index is 881. The number of aromatic nitrogens is 2. The van der Waals surface area contributed by atoms with Gasteiger partial charge in [0.2, 0.25) is 0 Å². The van der Waals surface area contributed by atoms with Crippen molar-refractivity contribution in [2.24, 2.45) is 0 Å². The highest BCUT2D eigenvalue weighted by Gasteiger charge is 2.22. The number of hydrogen-bond acceptors (Lipinski definition) is 1. The number of nitrogens with zero attached hydrogens (tertiary/aromatic N) is 3. The molecule has 0 saturated heterocycles. The number of para-hydroxylation sites is 1. The quantitative estimate of drug-likeness (QED) is 0.675. The van der Waals surface area contributed by atoms with Gasteiger partial charge in [-0.05, 0) is 38.1 Å².